The minimum atomic E-state index is 0.312. The first-order valence-electron chi connectivity index (χ1n) is 5.29. The fourth-order valence-electron chi connectivity index (χ4n) is 2.46. The second kappa shape index (κ2) is 2.73. The lowest BCUT2D eigenvalue weighted by molar-refractivity contribution is 0.359. The summed E-state index contributed by atoms with van der Waals surface area (Å²) in [6.45, 7) is 8.00. The Balaban J connectivity index is 1.68. The van der Waals surface area contributed by atoms with Gasteiger partial charge in [0.25, 0.3) is 0 Å². The molecule has 0 heterocycles. The molecular weight excluding hydrogens is 146 g/mol. The zero-order chi connectivity index (χ0) is 8.77. The van der Waals surface area contributed by atoms with E-state index >= 15 is 0 Å². The standard InChI is InChI=1S/C11H21N/c1-11(2,3)12-7-8-4-9-6-10(9)5-8/h8-10,12H,4-7H2,1-3H3. The van der Waals surface area contributed by atoms with Crippen LogP contribution in [0, 0.1) is 17.8 Å². The van der Waals surface area contributed by atoms with E-state index in [1.807, 2.05) is 0 Å². The zero-order valence-corrected chi connectivity index (χ0v) is 8.56. The Morgan fingerprint density at radius 1 is 1.08 bits per heavy atom. The first kappa shape index (κ1) is 8.55. The van der Waals surface area contributed by atoms with Crippen LogP contribution in [0.25, 0.3) is 0 Å². The summed E-state index contributed by atoms with van der Waals surface area (Å²) >= 11 is 0. The van der Waals surface area contributed by atoms with E-state index in [4.69, 9.17) is 0 Å². The largest absolute Gasteiger partial charge is 0.312 e. The molecule has 0 aliphatic heterocycles. The molecule has 2 unspecified atom stereocenters. The van der Waals surface area contributed by atoms with E-state index in [0.717, 1.165) is 17.8 Å². The Hall–Kier alpha value is -0.0400. The minimum absolute atomic E-state index is 0.312. The van der Waals surface area contributed by atoms with Crippen LogP contribution in [0.5, 0.6) is 0 Å². The topological polar surface area (TPSA) is 12.0 Å². The van der Waals surface area contributed by atoms with Gasteiger partial charge in [0.2, 0.25) is 0 Å². The lowest BCUT2D eigenvalue weighted by Gasteiger charge is -2.23. The van der Waals surface area contributed by atoms with Gasteiger partial charge in [-0.25, -0.2) is 0 Å². The van der Waals surface area contributed by atoms with Gasteiger partial charge in [-0.1, -0.05) is 0 Å². The lowest BCUT2D eigenvalue weighted by Crippen LogP contribution is -2.38. The van der Waals surface area contributed by atoms with E-state index < -0.39 is 0 Å². The molecule has 2 aliphatic rings. The van der Waals surface area contributed by atoms with Crippen molar-refractivity contribution in [3.63, 3.8) is 0 Å². The van der Waals surface area contributed by atoms with Gasteiger partial charge in [0.1, 0.15) is 0 Å². The van der Waals surface area contributed by atoms with Gasteiger partial charge in [-0.05, 0) is 64.3 Å². The van der Waals surface area contributed by atoms with Crippen LogP contribution in [0.4, 0.5) is 0 Å². The van der Waals surface area contributed by atoms with Gasteiger partial charge in [0.05, 0.1) is 0 Å². The number of hydrogen-bond donors (Lipinski definition) is 1. The fraction of sp³-hybridized carbons (Fsp3) is 1.00. The summed E-state index contributed by atoms with van der Waals surface area (Å²) in [6, 6.07) is 0. The van der Waals surface area contributed by atoms with Crippen molar-refractivity contribution in [1.82, 2.24) is 5.32 Å². The number of fused-ring (bicyclic) bond motifs is 1. The highest BCUT2D eigenvalue weighted by Crippen LogP contribution is 2.54. The molecule has 0 spiro atoms. The summed E-state index contributed by atoms with van der Waals surface area (Å²) in [5.74, 6) is 3.27. The van der Waals surface area contributed by atoms with Gasteiger partial charge in [-0.2, -0.15) is 0 Å². The Labute approximate surface area is 75.9 Å². The molecule has 0 radical (unpaired) electrons. The van der Waals surface area contributed by atoms with Crippen molar-refractivity contribution in [3.05, 3.63) is 0 Å². The maximum absolute atomic E-state index is 3.60. The van der Waals surface area contributed by atoms with E-state index in [-0.39, 0.29) is 0 Å². The average molecular weight is 167 g/mol. The molecule has 1 heteroatoms. The molecule has 12 heavy (non-hydrogen) atoms. The summed E-state index contributed by atoms with van der Waals surface area (Å²) in [7, 11) is 0. The maximum Gasteiger partial charge on any atom is 0.00966 e. The number of rotatable bonds is 2. The van der Waals surface area contributed by atoms with Gasteiger partial charge >= 0.3 is 0 Å². The highest BCUT2D eigenvalue weighted by molar-refractivity contribution is 4.96. The molecule has 2 fully saturated rings. The van der Waals surface area contributed by atoms with Gasteiger partial charge < -0.3 is 5.32 Å². The van der Waals surface area contributed by atoms with Crippen molar-refractivity contribution in [3.8, 4) is 0 Å². The van der Waals surface area contributed by atoms with Crippen molar-refractivity contribution < 1.29 is 0 Å². The van der Waals surface area contributed by atoms with E-state index in [1.165, 1.54) is 19.4 Å². The second-order valence-electron chi connectivity index (χ2n) is 5.72. The lowest BCUT2D eigenvalue weighted by atomic mass is 10.0. The molecule has 0 aromatic heterocycles. The first-order valence-corrected chi connectivity index (χ1v) is 5.29. The molecule has 0 saturated heterocycles. The monoisotopic (exact) mass is 167 g/mol. The van der Waals surface area contributed by atoms with Crippen molar-refractivity contribution in [2.24, 2.45) is 17.8 Å². The molecule has 1 nitrogen and oxygen atoms in total. The van der Waals surface area contributed by atoms with Gasteiger partial charge in [-0.15, -0.1) is 0 Å². The van der Waals surface area contributed by atoms with Crippen molar-refractivity contribution in [1.29, 1.82) is 0 Å². The Bertz CT molecular complexity index is 158. The van der Waals surface area contributed by atoms with Gasteiger partial charge in [-0.3, -0.25) is 0 Å². The van der Waals surface area contributed by atoms with Crippen LogP contribution >= 0.6 is 0 Å². The van der Waals surface area contributed by atoms with Gasteiger partial charge in [0, 0.05) is 5.54 Å². The molecule has 1 N–H and O–H groups in total. The predicted octanol–water partition coefficient (Wildman–Crippen LogP) is 2.42. The summed E-state index contributed by atoms with van der Waals surface area (Å²) in [5, 5.41) is 3.60. The van der Waals surface area contributed by atoms with Crippen LogP contribution in [0.2, 0.25) is 0 Å². The third kappa shape index (κ3) is 2.01. The summed E-state index contributed by atoms with van der Waals surface area (Å²) < 4.78 is 0. The highest BCUT2D eigenvalue weighted by Gasteiger charge is 2.45. The van der Waals surface area contributed by atoms with Crippen LogP contribution in [-0.4, -0.2) is 12.1 Å². The molecule has 0 bridgehead atoms. The second-order valence-corrected chi connectivity index (χ2v) is 5.72. The SMILES string of the molecule is CC(C)(C)NCC1CC2CC2C1. The average Bonchev–Trinajstić information content (AvgIpc) is 2.54. The first-order chi connectivity index (χ1) is 5.54. The van der Waals surface area contributed by atoms with E-state index in [9.17, 15) is 0 Å². The highest BCUT2D eigenvalue weighted by atomic mass is 14.9. The normalized spacial score (nSPS) is 39.8. The van der Waals surface area contributed by atoms with E-state index in [0.29, 0.717) is 5.54 Å². The molecule has 2 atom stereocenters. The maximum atomic E-state index is 3.60. The van der Waals surface area contributed by atoms with Crippen molar-refractivity contribution in [2.75, 3.05) is 6.54 Å². The molecule has 0 amide bonds. The smallest absolute Gasteiger partial charge is 0.00966 e. The van der Waals surface area contributed by atoms with Crippen molar-refractivity contribution >= 4 is 0 Å². The predicted molar refractivity (Wildman–Crippen MR) is 52.1 cm³/mol. The summed E-state index contributed by atoms with van der Waals surface area (Å²) in [4.78, 5) is 0. The number of nitrogens with one attached hydrogen (secondary N) is 1. The Morgan fingerprint density at radius 2 is 1.67 bits per heavy atom. The fourth-order valence-corrected chi connectivity index (χ4v) is 2.46. The molecular formula is C11H21N. The van der Waals surface area contributed by atoms with Crippen molar-refractivity contribution in [2.45, 2.75) is 45.6 Å². The van der Waals surface area contributed by atoms with E-state index in [2.05, 4.69) is 26.1 Å². The molecule has 0 aromatic rings. The van der Waals surface area contributed by atoms with E-state index in [1.54, 1.807) is 6.42 Å². The summed E-state index contributed by atoms with van der Waals surface area (Å²) in [6.07, 6.45) is 4.56. The third-order valence-electron chi connectivity index (χ3n) is 3.26. The molecule has 2 rings (SSSR count). The van der Waals surface area contributed by atoms with Crippen LogP contribution in [0.3, 0.4) is 0 Å². The van der Waals surface area contributed by atoms with Crippen LogP contribution in [-0.2, 0) is 0 Å². The van der Waals surface area contributed by atoms with Gasteiger partial charge in [0.15, 0.2) is 0 Å². The van der Waals surface area contributed by atoms with Crippen LogP contribution in [0.1, 0.15) is 40.0 Å². The molecule has 2 saturated carbocycles. The quantitative estimate of drug-likeness (QED) is 0.666. The molecule has 0 aromatic carbocycles. The molecule has 2 aliphatic carbocycles. The zero-order valence-electron chi connectivity index (χ0n) is 8.56. The minimum Gasteiger partial charge on any atom is -0.312 e. The Kier molecular flexibility index (Phi) is 1.95. The summed E-state index contributed by atoms with van der Waals surface area (Å²) in [5.41, 5.74) is 0.312. The third-order valence-corrected chi connectivity index (χ3v) is 3.26. The van der Waals surface area contributed by atoms with Crippen LogP contribution in [0.15, 0.2) is 0 Å². The number of hydrogen-bond acceptors (Lipinski definition) is 1. The van der Waals surface area contributed by atoms with Crippen LogP contribution < -0.4 is 5.32 Å². The molecule has 70 valence electrons. The Morgan fingerprint density at radius 3 is 2.17 bits per heavy atom.